The fourth-order valence-corrected chi connectivity index (χ4v) is 4.63. The first kappa shape index (κ1) is 24.6. The first-order chi connectivity index (χ1) is 17.0. The Kier molecular flexibility index (Phi) is 7.91. The average Bonchev–Trinajstić information content (AvgIpc) is 2.91. The SMILES string of the molecule is CC[C@H]1CN(C)CCN1c1cc(N2CCN(C(=O)OCc3ccccc3)CC2)cc(/C(N)=N/O)n1. The molecule has 0 radical (unpaired) electrons. The fourth-order valence-electron chi connectivity index (χ4n) is 4.63. The number of nitrogens with zero attached hydrogens (tertiary/aromatic N) is 6. The van der Waals surface area contributed by atoms with Crippen LogP contribution in [0.5, 0.6) is 0 Å². The minimum absolute atomic E-state index is 0.0154. The smallest absolute Gasteiger partial charge is 0.410 e. The molecule has 3 N–H and O–H groups in total. The number of piperazine rings is 2. The zero-order valence-electron chi connectivity index (χ0n) is 20.5. The van der Waals surface area contributed by atoms with Crippen molar-refractivity contribution in [2.75, 3.05) is 62.7 Å². The Bertz CT molecular complexity index is 1020. The molecule has 2 fully saturated rings. The standard InChI is InChI=1S/C25H35N7O3/c1-3-20-17-29(2)9-14-32(20)23-16-21(15-22(27-23)24(26)28-34)30-10-12-31(13-11-30)25(33)35-18-19-7-5-4-6-8-19/h4-8,15-16,20,34H,3,9-14,17-18H2,1-2H3,(H2,26,28)/t20-/m0/s1. The highest BCUT2D eigenvalue weighted by Crippen LogP contribution is 2.27. The molecule has 35 heavy (non-hydrogen) atoms. The molecule has 2 aliphatic heterocycles. The van der Waals surface area contributed by atoms with Crippen LogP contribution < -0.4 is 15.5 Å². The average molecular weight is 482 g/mol. The third-order valence-electron chi connectivity index (χ3n) is 6.73. The Morgan fingerprint density at radius 3 is 2.57 bits per heavy atom. The molecule has 2 aromatic rings. The molecule has 0 spiro atoms. The lowest BCUT2D eigenvalue weighted by Crippen LogP contribution is -2.52. The Hall–Kier alpha value is -3.53. The monoisotopic (exact) mass is 481 g/mol. The van der Waals surface area contributed by atoms with E-state index in [1.807, 2.05) is 36.4 Å². The lowest BCUT2D eigenvalue weighted by Gasteiger charge is -2.41. The molecule has 0 bridgehead atoms. The van der Waals surface area contributed by atoms with Crippen LogP contribution in [0.15, 0.2) is 47.6 Å². The van der Waals surface area contributed by atoms with Gasteiger partial charge in [0.25, 0.3) is 0 Å². The van der Waals surface area contributed by atoms with Crippen LogP contribution in [-0.4, -0.2) is 90.8 Å². The molecule has 2 aliphatic rings. The second-order valence-corrected chi connectivity index (χ2v) is 9.09. The van der Waals surface area contributed by atoms with Crippen LogP contribution >= 0.6 is 0 Å². The van der Waals surface area contributed by atoms with Crippen LogP contribution in [-0.2, 0) is 11.3 Å². The highest BCUT2D eigenvalue weighted by atomic mass is 16.6. The molecule has 1 aromatic heterocycles. The van der Waals surface area contributed by atoms with E-state index in [1.165, 1.54) is 0 Å². The van der Waals surface area contributed by atoms with Gasteiger partial charge in [0.2, 0.25) is 0 Å². The molecule has 0 saturated carbocycles. The van der Waals surface area contributed by atoms with Crippen LogP contribution in [0.3, 0.4) is 0 Å². The second-order valence-electron chi connectivity index (χ2n) is 9.09. The summed E-state index contributed by atoms with van der Waals surface area (Å²) in [4.78, 5) is 25.9. The van der Waals surface area contributed by atoms with E-state index in [1.54, 1.807) is 4.90 Å². The van der Waals surface area contributed by atoms with E-state index < -0.39 is 0 Å². The predicted molar refractivity (Wildman–Crippen MR) is 136 cm³/mol. The van der Waals surface area contributed by atoms with Gasteiger partial charge >= 0.3 is 6.09 Å². The van der Waals surface area contributed by atoms with E-state index in [0.717, 1.165) is 43.1 Å². The van der Waals surface area contributed by atoms with Gasteiger partial charge in [-0.1, -0.05) is 42.4 Å². The zero-order chi connectivity index (χ0) is 24.8. The summed E-state index contributed by atoms with van der Waals surface area (Å²) >= 11 is 0. The van der Waals surface area contributed by atoms with Crippen molar-refractivity contribution >= 4 is 23.4 Å². The molecule has 188 valence electrons. The van der Waals surface area contributed by atoms with Crippen LogP contribution in [0.25, 0.3) is 0 Å². The van der Waals surface area contributed by atoms with E-state index in [4.69, 9.17) is 15.5 Å². The van der Waals surface area contributed by atoms with Crippen molar-refractivity contribution in [1.82, 2.24) is 14.8 Å². The highest BCUT2D eigenvalue weighted by Gasteiger charge is 2.28. The van der Waals surface area contributed by atoms with Crippen molar-refractivity contribution in [3.8, 4) is 0 Å². The van der Waals surface area contributed by atoms with Crippen LogP contribution in [0.2, 0.25) is 0 Å². The number of ether oxygens (including phenoxy) is 1. The molecule has 1 aromatic carbocycles. The fraction of sp³-hybridized carbons (Fsp3) is 0.480. The number of amidine groups is 1. The third kappa shape index (κ3) is 5.94. The number of hydrogen-bond donors (Lipinski definition) is 2. The quantitative estimate of drug-likeness (QED) is 0.280. The molecule has 1 atom stereocenters. The Labute approximate surface area is 206 Å². The number of aromatic nitrogens is 1. The number of likely N-dealkylation sites (N-methyl/N-ethyl adjacent to an activating group) is 1. The Morgan fingerprint density at radius 1 is 1.14 bits per heavy atom. The van der Waals surface area contributed by atoms with Gasteiger partial charge in [0.05, 0.1) is 0 Å². The summed E-state index contributed by atoms with van der Waals surface area (Å²) in [6.45, 7) is 7.63. The van der Waals surface area contributed by atoms with Crippen LogP contribution in [0.4, 0.5) is 16.3 Å². The van der Waals surface area contributed by atoms with Crippen molar-refractivity contribution in [1.29, 1.82) is 0 Å². The summed E-state index contributed by atoms with van der Waals surface area (Å²) in [6.07, 6.45) is 0.698. The Balaban J connectivity index is 1.45. The molecule has 1 amide bonds. The molecule has 0 unspecified atom stereocenters. The van der Waals surface area contributed by atoms with Crippen molar-refractivity contribution in [2.45, 2.75) is 26.0 Å². The lowest BCUT2D eigenvalue weighted by molar-refractivity contribution is 0.0942. The van der Waals surface area contributed by atoms with E-state index in [9.17, 15) is 10.0 Å². The number of carbonyl (C=O) groups is 1. The van der Waals surface area contributed by atoms with E-state index in [0.29, 0.717) is 37.9 Å². The molecule has 3 heterocycles. The molecular weight excluding hydrogens is 446 g/mol. The molecule has 10 heteroatoms. The normalized spacial score (nSPS) is 19.7. The van der Waals surface area contributed by atoms with Crippen LogP contribution in [0, 0.1) is 0 Å². The van der Waals surface area contributed by atoms with Gasteiger partial charge in [0.1, 0.15) is 18.1 Å². The number of carbonyl (C=O) groups excluding carboxylic acids is 1. The van der Waals surface area contributed by atoms with Gasteiger partial charge < -0.3 is 35.3 Å². The highest BCUT2D eigenvalue weighted by molar-refractivity contribution is 5.96. The van der Waals surface area contributed by atoms with Gasteiger partial charge in [0, 0.05) is 63.6 Å². The number of pyridine rings is 1. The summed E-state index contributed by atoms with van der Waals surface area (Å²) in [5, 5.41) is 12.5. The number of benzene rings is 1. The van der Waals surface area contributed by atoms with Crippen LogP contribution in [0.1, 0.15) is 24.6 Å². The molecule has 10 nitrogen and oxygen atoms in total. The summed E-state index contributed by atoms with van der Waals surface area (Å²) in [5.41, 5.74) is 8.30. The maximum atomic E-state index is 12.6. The zero-order valence-corrected chi connectivity index (χ0v) is 20.5. The first-order valence-corrected chi connectivity index (χ1v) is 12.1. The molecule has 4 rings (SSSR count). The van der Waals surface area contributed by atoms with Gasteiger partial charge in [-0.15, -0.1) is 0 Å². The summed E-state index contributed by atoms with van der Waals surface area (Å²) < 4.78 is 5.49. The predicted octanol–water partition coefficient (Wildman–Crippen LogP) is 2.17. The molecular formula is C25H35N7O3. The van der Waals surface area contributed by atoms with Gasteiger partial charge in [-0.25, -0.2) is 9.78 Å². The van der Waals surface area contributed by atoms with Gasteiger partial charge in [0.15, 0.2) is 5.84 Å². The van der Waals surface area contributed by atoms with Gasteiger partial charge in [-0.05, 0) is 25.1 Å². The number of anilines is 2. The number of amides is 1. The largest absolute Gasteiger partial charge is 0.445 e. The summed E-state index contributed by atoms with van der Waals surface area (Å²) in [6, 6.07) is 13.9. The number of hydrogen-bond acceptors (Lipinski definition) is 8. The second kappa shape index (κ2) is 11.3. The van der Waals surface area contributed by atoms with E-state index in [-0.39, 0.29) is 18.5 Å². The van der Waals surface area contributed by atoms with Gasteiger partial charge in [-0.3, -0.25) is 0 Å². The number of nitrogens with two attached hydrogens (primary N) is 1. The molecule has 0 aliphatic carbocycles. The maximum Gasteiger partial charge on any atom is 0.410 e. The summed E-state index contributed by atoms with van der Waals surface area (Å²) in [7, 11) is 2.13. The van der Waals surface area contributed by atoms with E-state index >= 15 is 0 Å². The number of oxime groups is 1. The van der Waals surface area contributed by atoms with Crippen molar-refractivity contribution in [3.05, 3.63) is 53.7 Å². The third-order valence-corrected chi connectivity index (χ3v) is 6.73. The van der Waals surface area contributed by atoms with Gasteiger partial charge in [-0.2, -0.15) is 0 Å². The van der Waals surface area contributed by atoms with Crippen molar-refractivity contribution < 1.29 is 14.7 Å². The first-order valence-electron chi connectivity index (χ1n) is 12.1. The summed E-state index contributed by atoms with van der Waals surface area (Å²) in [5.74, 6) is 0.812. The topological polar surface area (TPSA) is 111 Å². The minimum Gasteiger partial charge on any atom is -0.445 e. The maximum absolute atomic E-state index is 12.6. The number of rotatable bonds is 6. The lowest BCUT2D eigenvalue weighted by atomic mass is 10.1. The molecule has 2 saturated heterocycles. The Morgan fingerprint density at radius 2 is 1.89 bits per heavy atom. The van der Waals surface area contributed by atoms with Crippen molar-refractivity contribution in [2.24, 2.45) is 10.9 Å². The minimum atomic E-state index is -0.301. The van der Waals surface area contributed by atoms with Crippen molar-refractivity contribution in [3.63, 3.8) is 0 Å². The van der Waals surface area contributed by atoms with E-state index in [2.05, 4.69) is 39.9 Å².